The fourth-order valence-electron chi connectivity index (χ4n) is 5.31. The van der Waals surface area contributed by atoms with Gasteiger partial charge in [0.05, 0.1) is 19.3 Å². The molecule has 1 unspecified atom stereocenters. The van der Waals surface area contributed by atoms with Crippen LogP contribution in [0.1, 0.15) is 71.5 Å². The first-order valence-corrected chi connectivity index (χ1v) is 16.0. The smallest absolute Gasteiger partial charge is 0.272 e. The number of amides is 2. The summed E-state index contributed by atoms with van der Waals surface area (Å²) in [4.78, 5) is 31.1. The predicted octanol–water partition coefficient (Wildman–Crippen LogP) is 5.25. The second kappa shape index (κ2) is 14.8. The molecule has 0 spiro atoms. The van der Waals surface area contributed by atoms with Crippen LogP contribution >= 0.6 is 11.8 Å². The number of pyridine rings is 1. The summed E-state index contributed by atoms with van der Waals surface area (Å²) in [6, 6.07) is 10.2. The molecule has 2 aromatic heterocycles. The van der Waals surface area contributed by atoms with Gasteiger partial charge in [-0.25, -0.2) is 9.37 Å². The van der Waals surface area contributed by atoms with Gasteiger partial charge in [0.15, 0.2) is 6.29 Å². The van der Waals surface area contributed by atoms with Gasteiger partial charge in [-0.3, -0.25) is 14.3 Å². The van der Waals surface area contributed by atoms with Gasteiger partial charge in [0, 0.05) is 29.3 Å². The van der Waals surface area contributed by atoms with E-state index in [1.54, 1.807) is 28.6 Å². The van der Waals surface area contributed by atoms with E-state index >= 15 is 0 Å². The highest BCUT2D eigenvalue weighted by atomic mass is 32.2. The molecular formula is C31H38FN5O5S. The SMILES string of the molecule is CSc1cccc(Oc2ncc(F)cc2C(=O)NC2CCC(NC(=O)c3cc(C)n(CCOC4CCCCO4)n3)CC2)c1. The normalized spacial score (nSPS) is 20.4. The molecule has 10 nitrogen and oxygen atoms in total. The number of hydrogen-bond donors (Lipinski definition) is 2. The second-order valence-electron chi connectivity index (χ2n) is 10.8. The Balaban J connectivity index is 1.10. The lowest BCUT2D eigenvalue weighted by Gasteiger charge is -2.29. The molecule has 2 fully saturated rings. The summed E-state index contributed by atoms with van der Waals surface area (Å²) in [5.41, 5.74) is 1.29. The second-order valence-corrected chi connectivity index (χ2v) is 11.7. The molecule has 2 aliphatic rings. The van der Waals surface area contributed by atoms with Crippen molar-refractivity contribution >= 4 is 23.6 Å². The number of nitrogens with one attached hydrogen (secondary N) is 2. The van der Waals surface area contributed by atoms with Crippen molar-refractivity contribution in [3.05, 3.63) is 65.4 Å². The summed E-state index contributed by atoms with van der Waals surface area (Å²) in [5, 5.41) is 10.6. The van der Waals surface area contributed by atoms with E-state index in [2.05, 4.69) is 20.7 Å². The van der Waals surface area contributed by atoms with Gasteiger partial charge in [-0.1, -0.05) is 6.07 Å². The van der Waals surface area contributed by atoms with E-state index in [9.17, 15) is 14.0 Å². The zero-order valence-electron chi connectivity index (χ0n) is 24.5. The highest BCUT2D eigenvalue weighted by molar-refractivity contribution is 7.98. The molecule has 2 N–H and O–H groups in total. The first-order chi connectivity index (χ1) is 20.9. The Bertz CT molecular complexity index is 1400. The third-order valence-electron chi connectivity index (χ3n) is 7.67. The van der Waals surface area contributed by atoms with Gasteiger partial charge in [0.1, 0.15) is 22.8 Å². The number of nitrogens with zero attached hydrogens (tertiary/aromatic N) is 3. The topological polar surface area (TPSA) is 117 Å². The lowest BCUT2D eigenvalue weighted by molar-refractivity contribution is -0.163. The van der Waals surface area contributed by atoms with Crippen LogP contribution < -0.4 is 15.4 Å². The highest BCUT2D eigenvalue weighted by Crippen LogP contribution is 2.28. The summed E-state index contributed by atoms with van der Waals surface area (Å²) in [5.74, 6) is -0.731. The van der Waals surface area contributed by atoms with E-state index in [0.717, 1.165) is 48.7 Å². The molecule has 2 amide bonds. The Hall–Kier alpha value is -3.48. The highest BCUT2D eigenvalue weighted by Gasteiger charge is 2.27. The van der Waals surface area contributed by atoms with E-state index in [1.165, 1.54) is 0 Å². The molecule has 5 rings (SSSR count). The van der Waals surface area contributed by atoms with E-state index < -0.39 is 11.7 Å². The third kappa shape index (κ3) is 8.55. The fraction of sp³-hybridized carbons (Fsp3) is 0.484. The van der Waals surface area contributed by atoms with Crippen LogP contribution in [0, 0.1) is 12.7 Å². The number of ether oxygens (including phenoxy) is 3. The van der Waals surface area contributed by atoms with Gasteiger partial charge in [-0.05, 0) is 88.5 Å². The van der Waals surface area contributed by atoms with Crippen LogP contribution in [0.15, 0.2) is 47.5 Å². The van der Waals surface area contributed by atoms with Gasteiger partial charge in [0.2, 0.25) is 5.88 Å². The molecule has 12 heteroatoms. The Labute approximate surface area is 255 Å². The van der Waals surface area contributed by atoms with Crippen molar-refractivity contribution in [3.8, 4) is 11.6 Å². The van der Waals surface area contributed by atoms with Gasteiger partial charge < -0.3 is 24.8 Å². The van der Waals surface area contributed by atoms with E-state index in [4.69, 9.17) is 14.2 Å². The molecule has 1 saturated carbocycles. The number of hydrogen-bond acceptors (Lipinski definition) is 8. The minimum absolute atomic E-state index is 0.0312. The maximum atomic E-state index is 14.1. The number of rotatable bonds is 11. The summed E-state index contributed by atoms with van der Waals surface area (Å²) in [7, 11) is 0. The average molecular weight is 612 g/mol. The molecule has 3 aromatic rings. The lowest BCUT2D eigenvalue weighted by atomic mass is 9.91. The van der Waals surface area contributed by atoms with Crippen molar-refractivity contribution in [1.82, 2.24) is 25.4 Å². The van der Waals surface area contributed by atoms with Crippen molar-refractivity contribution in [2.45, 2.75) is 81.7 Å². The summed E-state index contributed by atoms with van der Waals surface area (Å²) >= 11 is 1.56. The molecule has 1 aliphatic carbocycles. The molecule has 43 heavy (non-hydrogen) atoms. The number of carbonyl (C=O) groups is 2. The molecule has 1 saturated heterocycles. The standard InChI is InChI=1S/C31H38FN5O5S/c1-20-16-27(36-37(20)13-15-41-28-8-3-4-14-40-28)30(39)35-23-11-9-22(10-12-23)34-29(38)26-17-21(32)19-33-31(26)42-24-6-5-7-25(18-24)43-2/h5-7,16-19,22-23,28H,3-4,8-15H2,1-2H3,(H,34,38)(H,35,39). The van der Waals surface area contributed by atoms with Crippen LogP contribution in [-0.4, -0.2) is 64.4 Å². The van der Waals surface area contributed by atoms with Gasteiger partial charge in [-0.15, -0.1) is 11.8 Å². The molecule has 0 radical (unpaired) electrons. The first-order valence-electron chi connectivity index (χ1n) is 14.7. The number of benzene rings is 1. The Kier molecular flexibility index (Phi) is 10.7. The van der Waals surface area contributed by atoms with Gasteiger partial charge in [-0.2, -0.15) is 5.10 Å². The minimum atomic E-state index is -0.620. The van der Waals surface area contributed by atoms with Crippen LogP contribution in [0.3, 0.4) is 0 Å². The Morgan fingerprint density at radius 2 is 1.84 bits per heavy atom. The number of aryl methyl sites for hydroxylation is 1. The average Bonchev–Trinajstić information content (AvgIpc) is 3.40. The summed E-state index contributed by atoms with van der Waals surface area (Å²) in [6.07, 6.45) is 8.63. The van der Waals surface area contributed by atoms with E-state index in [1.807, 2.05) is 31.4 Å². The number of thioether (sulfide) groups is 1. The molecule has 1 aromatic carbocycles. The molecule has 3 heterocycles. The quantitative estimate of drug-likeness (QED) is 0.283. The van der Waals surface area contributed by atoms with Crippen molar-refractivity contribution < 1.29 is 28.2 Å². The van der Waals surface area contributed by atoms with Crippen LogP contribution in [0.2, 0.25) is 0 Å². The van der Waals surface area contributed by atoms with Crippen molar-refractivity contribution in [3.63, 3.8) is 0 Å². The number of carbonyl (C=O) groups excluding carboxylic acids is 2. The molecule has 230 valence electrons. The van der Waals surface area contributed by atoms with Crippen molar-refractivity contribution in [2.24, 2.45) is 0 Å². The summed E-state index contributed by atoms with van der Waals surface area (Å²) in [6.45, 7) is 3.66. The lowest BCUT2D eigenvalue weighted by Crippen LogP contribution is -2.44. The molecular weight excluding hydrogens is 573 g/mol. The largest absolute Gasteiger partial charge is 0.438 e. The molecule has 1 aliphatic heterocycles. The fourth-order valence-corrected chi connectivity index (χ4v) is 5.76. The first kappa shape index (κ1) is 31.0. The predicted molar refractivity (Wildman–Crippen MR) is 160 cm³/mol. The van der Waals surface area contributed by atoms with Gasteiger partial charge >= 0.3 is 0 Å². The number of aromatic nitrogens is 3. The maximum Gasteiger partial charge on any atom is 0.272 e. The summed E-state index contributed by atoms with van der Waals surface area (Å²) < 4.78 is 33.1. The third-order valence-corrected chi connectivity index (χ3v) is 8.40. The van der Waals surface area contributed by atoms with Crippen molar-refractivity contribution in [1.29, 1.82) is 0 Å². The monoisotopic (exact) mass is 611 g/mol. The van der Waals surface area contributed by atoms with Crippen LogP contribution in [0.5, 0.6) is 11.6 Å². The van der Waals surface area contributed by atoms with Crippen LogP contribution in [-0.2, 0) is 16.0 Å². The Morgan fingerprint density at radius 3 is 2.56 bits per heavy atom. The van der Waals surface area contributed by atoms with Gasteiger partial charge in [0.25, 0.3) is 11.8 Å². The van der Waals surface area contributed by atoms with Crippen LogP contribution in [0.4, 0.5) is 4.39 Å². The maximum absolute atomic E-state index is 14.1. The van der Waals surface area contributed by atoms with Crippen LogP contribution in [0.25, 0.3) is 0 Å². The zero-order chi connectivity index (χ0) is 30.2. The minimum Gasteiger partial charge on any atom is -0.438 e. The Morgan fingerprint density at radius 1 is 1.07 bits per heavy atom. The number of halogens is 1. The van der Waals surface area contributed by atoms with E-state index in [0.29, 0.717) is 50.3 Å². The van der Waals surface area contributed by atoms with Crippen molar-refractivity contribution in [2.75, 3.05) is 19.5 Å². The molecule has 0 bridgehead atoms. The zero-order valence-corrected chi connectivity index (χ0v) is 25.3. The molecule has 1 atom stereocenters. The van der Waals surface area contributed by atoms with E-state index in [-0.39, 0.29) is 35.7 Å².